The Balaban J connectivity index is 3.02. The van der Waals surface area contributed by atoms with Crippen LogP contribution in [0.15, 0.2) is 12.2 Å². The lowest BCUT2D eigenvalue weighted by atomic mass is 10.1. The summed E-state index contributed by atoms with van der Waals surface area (Å²) in [7, 11) is 0. The van der Waals surface area contributed by atoms with Gasteiger partial charge in [-0.25, -0.2) is 0 Å². The molecule has 0 saturated heterocycles. The third-order valence-corrected chi connectivity index (χ3v) is 3.49. The first-order valence-electron chi connectivity index (χ1n) is 8.25. The summed E-state index contributed by atoms with van der Waals surface area (Å²) in [5.74, 6) is -0.752. The first kappa shape index (κ1) is 19.2. The fourth-order valence-electron chi connectivity index (χ4n) is 2.27. The van der Waals surface area contributed by atoms with Crippen molar-refractivity contribution in [2.75, 3.05) is 6.61 Å². The van der Waals surface area contributed by atoms with Crippen LogP contribution >= 0.6 is 0 Å². The summed E-state index contributed by atoms with van der Waals surface area (Å²) >= 11 is 0. The summed E-state index contributed by atoms with van der Waals surface area (Å²) in [6, 6.07) is 0. The standard InChI is InChI=1S/C17H32O3/c18-16-14-12-10-8-6-4-2-1-3-5-7-9-11-13-15-17(19)20/h11,13,18H,1-10,12,14-16H2,(H,19,20)/b13-11+. The van der Waals surface area contributed by atoms with Gasteiger partial charge in [-0.15, -0.1) is 0 Å². The molecule has 0 aliphatic carbocycles. The van der Waals surface area contributed by atoms with E-state index in [2.05, 4.69) is 0 Å². The van der Waals surface area contributed by atoms with Crippen LogP contribution in [0.5, 0.6) is 0 Å². The van der Waals surface area contributed by atoms with E-state index in [1.54, 1.807) is 6.08 Å². The van der Waals surface area contributed by atoms with Crippen molar-refractivity contribution in [1.29, 1.82) is 0 Å². The molecule has 3 nitrogen and oxygen atoms in total. The molecule has 0 radical (unpaired) electrons. The largest absolute Gasteiger partial charge is 0.481 e. The smallest absolute Gasteiger partial charge is 0.307 e. The molecule has 0 spiro atoms. The molecule has 2 N–H and O–H groups in total. The van der Waals surface area contributed by atoms with Gasteiger partial charge in [0.1, 0.15) is 0 Å². The van der Waals surface area contributed by atoms with Crippen molar-refractivity contribution in [2.24, 2.45) is 0 Å². The van der Waals surface area contributed by atoms with Crippen LogP contribution < -0.4 is 0 Å². The number of allylic oxidation sites excluding steroid dienone is 1. The fourth-order valence-corrected chi connectivity index (χ4v) is 2.27. The lowest BCUT2D eigenvalue weighted by Crippen LogP contribution is -1.89. The van der Waals surface area contributed by atoms with E-state index < -0.39 is 5.97 Å². The number of carboxylic acid groups (broad SMARTS) is 1. The number of carboxylic acids is 1. The molecule has 0 fully saturated rings. The van der Waals surface area contributed by atoms with Crippen molar-refractivity contribution < 1.29 is 15.0 Å². The lowest BCUT2D eigenvalue weighted by molar-refractivity contribution is -0.136. The predicted octanol–water partition coefficient (Wildman–Crippen LogP) is 4.69. The molecular formula is C17H32O3. The van der Waals surface area contributed by atoms with E-state index in [9.17, 15) is 4.79 Å². The molecule has 118 valence electrons. The number of hydrogen-bond donors (Lipinski definition) is 2. The average Bonchev–Trinajstić information content (AvgIpc) is 2.43. The van der Waals surface area contributed by atoms with Gasteiger partial charge in [-0.05, 0) is 19.3 Å². The van der Waals surface area contributed by atoms with E-state index in [1.807, 2.05) is 6.08 Å². The van der Waals surface area contributed by atoms with E-state index in [4.69, 9.17) is 10.2 Å². The fraction of sp³-hybridized carbons (Fsp3) is 0.824. The van der Waals surface area contributed by atoms with E-state index in [1.165, 1.54) is 64.2 Å². The Hall–Kier alpha value is -0.830. The third kappa shape index (κ3) is 17.2. The van der Waals surface area contributed by atoms with Crippen LogP contribution in [0.25, 0.3) is 0 Å². The SMILES string of the molecule is O=C(O)C/C=C/CCCCCCCCCCCCCO. The highest BCUT2D eigenvalue weighted by Gasteiger charge is 1.93. The van der Waals surface area contributed by atoms with Gasteiger partial charge in [0.15, 0.2) is 0 Å². The maximum absolute atomic E-state index is 10.3. The number of hydrogen-bond acceptors (Lipinski definition) is 2. The van der Waals surface area contributed by atoms with Crippen molar-refractivity contribution in [3.8, 4) is 0 Å². The van der Waals surface area contributed by atoms with Gasteiger partial charge in [0, 0.05) is 6.61 Å². The molecular weight excluding hydrogens is 252 g/mol. The Bertz CT molecular complexity index is 236. The molecule has 0 unspecified atom stereocenters. The zero-order valence-corrected chi connectivity index (χ0v) is 12.9. The molecule has 20 heavy (non-hydrogen) atoms. The Morgan fingerprint density at radius 1 is 0.700 bits per heavy atom. The third-order valence-electron chi connectivity index (χ3n) is 3.49. The molecule has 0 atom stereocenters. The average molecular weight is 284 g/mol. The molecule has 0 rings (SSSR count). The molecule has 0 saturated carbocycles. The number of carbonyl (C=O) groups is 1. The lowest BCUT2D eigenvalue weighted by Gasteiger charge is -2.02. The van der Waals surface area contributed by atoms with Crippen LogP contribution in [-0.2, 0) is 4.79 Å². The van der Waals surface area contributed by atoms with E-state index in [0.29, 0.717) is 6.61 Å². The van der Waals surface area contributed by atoms with Crippen molar-refractivity contribution in [3.05, 3.63) is 12.2 Å². The highest BCUT2D eigenvalue weighted by molar-refractivity contribution is 5.68. The van der Waals surface area contributed by atoms with Crippen molar-refractivity contribution in [1.82, 2.24) is 0 Å². The van der Waals surface area contributed by atoms with Gasteiger partial charge in [-0.2, -0.15) is 0 Å². The van der Waals surface area contributed by atoms with Gasteiger partial charge in [0.2, 0.25) is 0 Å². The summed E-state index contributed by atoms with van der Waals surface area (Å²) in [6.07, 6.45) is 18.7. The zero-order valence-electron chi connectivity index (χ0n) is 12.9. The van der Waals surface area contributed by atoms with Crippen LogP contribution in [0.2, 0.25) is 0 Å². The van der Waals surface area contributed by atoms with Gasteiger partial charge in [-0.3, -0.25) is 4.79 Å². The van der Waals surface area contributed by atoms with Gasteiger partial charge in [0.05, 0.1) is 6.42 Å². The second kappa shape index (κ2) is 16.2. The molecule has 0 aromatic heterocycles. The van der Waals surface area contributed by atoms with Gasteiger partial charge >= 0.3 is 5.97 Å². The Labute approximate surface area is 124 Å². The second-order valence-electron chi connectivity index (χ2n) is 5.47. The van der Waals surface area contributed by atoms with Crippen LogP contribution in [0, 0.1) is 0 Å². The van der Waals surface area contributed by atoms with Crippen LogP contribution in [0.3, 0.4) is 0 Å². The molecule has 3 heteroatoms. The monoisotopic (exact) mass is 284 g/mol. The first-order valence-corrected chi connectivity index (χ1v) is 8.25. The van der Waals surface area contributed by atoms with Gasteiger partial charge in [-0.1, -0.05) is 69.9 Å². The zero-order chi connectivity index (χ0) is 14.9. The van der Waals surface area contributed by atoms with Gasteiger partial charge in [0.25, 0.3) is 0 Å². The number of aliphatic hydroxyl groups is 1. The molecule has 0 amide bonds. The molecule has 0 aromatic carbocycles. The molecule has 0 aromatic rings. The van der Waals surface area contributed by atoms with Crippen LogP contribution in [-0.4, -0.2) is 22.8 Å². The molecule has 0 aliphatic heterocycles. The Morgan fingerprint density at radius 3 is 1.60 bits per heavy atom. The van der Waals surface area contributed by atoms with E-state index in [0.717, 1.165) is 12.8 Å². The van der Waals surface area contributed by atoms with Crippen LogP contribution in [0.4, 0.5) is 0 Å². The van der Waals surface area contributed by atoms with Gasteiger partial charge < -0.3 is 10.2 Å². The Morgan fingerprint density at radius 2 is 1.15 bits per heavy atom. The summed E-state index contributed by atoms with van der Waals surface area (Å²) in [5.41, 5.74) is 0. The Kier molecular flexibility index (Phi) is 15.6. The quantitative estimate of drug-likeness (QED) is 0.339. The topological polar surface area (TPSA) is 57.5 Å². The summed E-state index contributed by atoms with van der Waals surface area (Å²) in [4.78, 5) is 10.3. The number of aliphatic carboxylic acids is 1. The highest BCUT2D eigenvalue weighted by Crippen LogP contribution is 2.12. The first-order chi connectivity index (χ1) is 9.77. The summed E-state index contributed by atoms with van der Waals surface area (Å²) in [5, 5.41) is 17.1. The molecule has 0 aliphatic rings. The number of unbranched alkanes of at least 4 members (excludes halogenated alkanes) is 11. The summed E-state index contributed by atoms with van der Waals surface area (Å²) < 4.78 is 0. The number of rotatable bonds is 15. The second-order valence-corrected chi connectivity index (χ2v) is 5.47. The van der Waals surface area contributed by atoms with Crippen molar-refractivity contribution >= 4 is 5.97 Å². The van der Waals surface area contributed by atoms with Crippen molar-refractivity contribution in [2.45, 2.75) is 83.5 Å². The summed E-state index contributed by atoms with van der Waals surface area (Å²) in [6.45, 7) is 0.339. The maximum atomic E-state index is 10.3. The van der Waals surface area contributed by atoms with E-state index >= 15 is 0 Å². The maximum Gasteiger partial charge on any atom is 0.307 e. The molecule has 0 heterocycles. The van der Waals surface area contributed by atoms with Crippen molar-refractivity contribution in [3.63, 3.8) is 0 Å². The predicted molar refractivity (Wildman–Crippen MR) is 83.9 cm³/mol. The van der Waals surface area contributed by atoms with E-state index in [-0.39, 0.29) is 6.42 Å². The number of aliphatic hydroxyl groups excluding tert-OH is 1. The normalized spacial score (nSPS) is 11.2. The minimum atomic E-state index is -0.752. The van der Waals surface area contributed by atoms with Crippen LogP contribution in [0.1, 0.15) is 83.5 Å². The minimum Gasteiger partial charge on any atom is -0.481 e. The minimum absolute atomic E-state index is 0.151. The molecule has 0 bridgehead atoms. The highest BCUT2D eigenvalue weighted by atomic mass is 16.4.